The van der Waals surface area contributed by atoms with Crippen molar-refractivity contribution < 1.29 is 18.7 Å². The zero-order chi connectivity index (χ0) is 18.8. The number of benzene rings is 2. The molecule has 0 bridgehead atoms. The number of anilines is 1. The van der Waals surface area contributed by atoms with Crippen LogP contribution in [-0.2, 0) is 0 Å². The van der Waals surface area contributed by atoms with Crippen molar-refractivity contribution in [3.8, 4) is 5.75 Å². The highest BCUT2D eigenvalue weighted by molar-refractivity contribution is 6.14. The summed E-state index contributed by atoms with van der Waals surface area (Å²) in [6.45, 7) is 5.15. The van der Waals surface area contributed by atoms with Gasteiger partial charge in [-0.3, -0.25) is 14.2 Å². The number of ether oxygens (including phenoxy) is 1. The van der Waals surface area contributed by atoms with Crippen molar-refractivity contribution in [1.29, 1.82) is 0 Å². The maximum absolute atomic E-state index is 13.6. The summed E-state index contributed by atoms with van der Waals surface area (Å²) < 4.78 is 20.5. The van der Waals surface area contributed by atoms with Crippen LogP contribution in [0.3, 0.4) is 0 Å². The van der Waals surface area contributed by atoms with Crippen LogP contribution in [0.15, 0.2) is 48.7 Å². The topological polar surface area (TPSA) is 60.3 Å². The molecule has 0 radical (unpaired) electrons. The third-order valence-corrected chi connectivity index (χ3v) is 3.85. The molecule has 1 aromatic heterocycles. The van der Waals surface area contributed by atoms with E-state index in [-0.39, 0.29) is 17.6 Å². The molecule has 6 heteroatoms. The highest BCUT2D eigenvalue weighted by Gasteiger charge is 2.18. The summed E-state index contributed by atoms with van der Waals surface area (Å²) in [6, 6.07) is 11.1. The first kappa shape index (κ1) is 17.7. The van der Waals surface area contributed by atoms with Crippen LogP contribution in [0.5, 0.6) is 5.75 Å². The Kier molecular flexibility index (Phi) is 4.75. The average molecular weight is 354 g/mol. The predicted octanol–water partition coefficient (Wildman–Crippen LogP) is 4.48. The van der Waals surface area contributed by atoms with E-state index >= 15 is 0 Å². The number of amides is 1. The third-order valence-electron chi connectivity index (χ3n) is 3.85. The molecule has 0 spiro atoms. The van der Waals surface area contributed by atoms with Crippen LogP contribution in [0.25, 0.3) is 10.9 Å². The van der Waals surface area contributed by atoms with Gasteiger partial charge >= 0.3 is 0 Å². The highest BCUT2D eigenvalue weighted by atomic mass is 19.1. The van der Waals surface area contributed by atoms with Crippen molar-refractivity contribution in [3.05, 3.63) is 60.0 Å². The molecule has 0 aliphatic heterocycles. The smallest absolute Gasteiger partial charge is 0.257 e. The molecule has 5 nitrogen and oxygen atoms in total. The van der Waals surface area contributed by atoms with Crippen LogP contribution < -0.4 is 10.1 Å². The standard InChI is InChI=1S/C20H19FN2O3/c1-12(2)26-19-7-5-4-6-17(19)22-20(25)16-11-23(13(3)24)18-10-14(21)8-9-15(16)18/h4-12H,1-3H3,(H,22,25). The van der Waals surface area contributed by atoms with E-state index in [9.17, 15) is 14.0 Å². The fourth-order valence-electron chi connectivity index (χ4n) is 2.76. The number of carbonyl (C=O) groups excluding carboxylic acids is 2. The number of halogens is 1. The number of hydrogen-bond acceptors (Lipinski definition) is 3. The van der Waals surface area contributed by atoms with E-state index in [0.29, 0.717) is 22.3 Å². The number of hydrogen-bond donors (Lipinski definition) is 1. The second-order valence-corrected chi connectivity index (χ2v) is 6.21. The fraction of sp³-hybridized carbons (Fsp3) is 0.200. The lowest BCUT2D eigenvalue weighted by atomic mass is 10.1. The van der Waals surface area contributed by atoms with Crippen LogP contribution >= 0.6 is 0 Å². The van der Waals surface area contributed by atoms with Crippen LogP contribution in [-0.4, -0.2) is 22.5 Å². The zero-order valence-electron chi connectivity index (χ0n) is 14.7. The van der Waals surface area contributed by atoms with Crippen LogP contribution in [0, 0.1) is 5.82 Å². The summed E-state index contributed by atoms with van der Waals surface area (Å²) in [6.07, 6.45) is 1.38. The molecular formula is C20H19FN2O3. The predicted molar refractivity (Wildman–Crippen MR) is 98.4 cm³/mol. The fourth-order valence-corrected chi connectivity index (χ4v) is 2.76. The van der Waals surface area contributed by atoms with E-state index in [1.807, 2.05) is 19.9 Å². The van der Waals surface area contributed by atoms with Crippen LogP contribution in [0.4, 0.5) is 10.1 Å². The zero-order valence-corrected chi connectivity index (χ0v) is 14.7. The molecule has 1 heterocycles. The van der Waals surface area contributed by atoms with Crippen LogP contribution in [0.2, 0.25) is 0 Å². The van der Waals surface area contributed by atoms with Crippen LogP contribution in [0.1, 0.15) is 35.9 Å². The van der Waals surface area contributed by atoms with E-state index in [1.54, 1.807) is 18.2 Å². The lowest BCUT2D eigenvalue weighted by Crippen LogP contribution is -2.14. The van der Waals surface area contributed by atoms with E-state index in [1.165, 1.54) is 35.9 Å². The summed E-state index contributed by atoms with van der Waals surface area (Å²) in [4.78, 5) is 24.6. The van der Waals surface area contributed by atoms with Crippen molar-refractivity contribution in [2.45, 2.75) is 26.9 Å². The van der Waals surface area contributed by atoms with Gasteiger partial charge in [0, 0.05) is 18.5 Å². The minimum Gasteiger partial charge on any atom is -0.489 e. The Balaban J connectivity index is 2.00. The Labute approximate surface area is 150 Å². The first-order valence-electron chi connectivity index (χ1n) is 8.25. The molecule has 0 fully saturated rings. The molecule has 0 saturated carbocycles. The molecule has 1 amide bonds. The number of para-hydroxylation sites is 2. The molecule has 3 rings (SSSR count). The Morgan fingerprint density at radius 1 is 1.15 bits per heavy atom. The van der Waals surface area contributed by atoms with Crippen molar-refractivity contribution in [2.24, 2.45) is 0 Å². The lowest BCUT2D eigenvalue weighted by molar-refractivity contribution is 0.0941. The SMILES string of the molecule is CC(=O)n1cc(C(=O)Nc2ccccc2OC(C)C)c2ccc(F)cc21. The number of nitrogens with zero attached hydrogens (tertiary/aromatic N) is 1. The summed E-state index contributed by atoms with van der Waals surface area (Å²) in [5.41, 5.74) is 1.17. The van der Waals surface area contributed by atoms with Gasteiger partial charge in [-0.1, -0.05) is 12.1 Å². The van der Waals surface area contributed by atoms with E-state index < -0.39 is 11.7 Å². The van der Waals surface area contributed by atoms with Gasteiger partial charge in [-0.05, 0) is 44.2 Å². The molecule has 134 valence electrons. The maximum atomic E-state index is 13.6. The second kappa shape index (κ2) is 7.00. The minimum absolute atomic E-state index is 0.0457. The number of carbonyl (C=O) groups is 2. The normalized spacial score (nSPS) is 11.0. The number of rotatable bonds is 4. The van der Waals surface area contributed by atoms with Crippen molar-refractivity contribution in [3.63, 3.8) is 0 Å². The molecule has 0 saturated heterocycles. The molecule has 0 atom stereocenters. The van der Waals surface area contributed by atoms with Gasteiger partial charge in [0.05, 0.1) is 22.9 Å². The first-order valence-corrected chi connectivity index (χ1v) is 8.25. The quantitative estimate of drug-likeness (QED) is 0.751. The van der Waals surface area contributed by atoms with Crippen molar-refractivity contribution >= 4 is 28.4 Å². The van der Waals surface area contributed by atoms with E-state index in [2.05, 4.69) is 5.32 Å². The van der Waals surface area contributed by atoms with Gasteiger partial charge in [-0.25, -0.2) is 4.39 Å². The Morgan fingerprint density at radius 3 is 2.58 bits per heavy atom. The van der Waals surface area contributed by atoms with Crippen molar-refractivity contribution in [2.75, 3.05) is 5.32 Å². The molecule has 0 aliphatic carbocycles. The molecule has 3 aromatic rings. The summed E-state index contributed by atoms with van der Waals surface area (Å²) >= 11 is 0. The maximum Gasteiger partial charge on any atom is 0.257 e. The highest BCUT2D eigenvalue weighted by Crippen LogP contribution is 2.28. The molecule has 0 unspecified atom stereocenters. The largest absolute Gasteiger partial charge is 0.489 e. The van der Waals surface area contributed by atoms with Gasteiger partial charge in [-0.2, -0.15) is 0 Å². The lowest BCUT2D eigenvalue weighted by Gasteiger charge is -2.14. The monoisotopic (exact) mass is 354 g/mol. The van der Waals surface area contributed by atoms with E-state index in [0.717, 1.165) is 0 Å². The van der Waals surface area contributed by atoms with Gasteiger partial charge in [-0.15, -0.1) is 0 Å². The van der Waals surface area contributed by atoms with Gasteiger partial charge in [0.15, 0.2) is 0 Å². The summed E-state index contributed by atoms with van der Waals surface area (Å²) in [5, 5.41) is 3.31. The van der Waals surface area contributed by atoms with Gasteiger partial charge in [0.1, 0.15) is 11.6 Å². The first-order chi connectivity index (χ1) is 12.4. The van der Waals surface area contributed by atoms with Gasteiger partial charge in [0.2, 0.25) is 5.91 Å². The Morgan fingerprint density at radius 2 is 1.88 bits per heavy atom. The summed E-state index contributed by atoms with van der Waals surface area (Å²) in [7, 11) is 0. The average Bonchev–Trinajstić information content (AvgIpc) is 2.95. The molecule has 26 heavy (non-hydrogen) atoms. The van der Waals surface area contributed by atoms with Gasteiger partial charge < -0.3 is 10.1 Å². The van der Waals surface area contributed by atoms with E-state index in [4.69, 9.17) is 4.74 Å². The van der Waals surface area contributed by atoms with Gasteiger partial charge in [0.25, 0.3) is 5.91 Å². The minimum atomic E-state index is -0.472. The molecule has 2 aromatic carbocycles. The molecular weight excluding hydrogens is 335 g/mol. The number of nitrogens with one attached hydrogen (secondary N) is 1. The summed E-state index contributed by atoms with van der Waals surface area (Å²) in [5.74, 6) is -0.623. The van der Waals surface area contributed by atoms with Crippen molar-refractivity contribution in [1.82, 2.24) is 4.57 Å². The molecule has 1 N–H and O–H groups in total. The number of fused-ring (bicyclic) bond motifs is 1. The molecule has 0 aliphatic rings. The Bertz CT molecular complexity index is 992. The second-order valence-electron chi connectivity index (χ2n) is 6.21. The number of aromatic nitrogens is 1. The third kappa shape index (κ3) is 3.44. The Hall–Kier alpha value is -3.15.